The molecule has 0 unspecified atom stereocenters. The molecule has 4 N–H and O–H groups in total. The van der Waals surface area contributed by atoms with E-state index in [1.165, 1.54) is 19.3 Å². The summed E-state index contributed by atoms with van der Waals surface area (Å²) in [4.78, 5) is 5.39. The minimum absolute atomic E-state index is 0. The summed E-state index contributed by atoms with van der Waals surface area (Å²) < 4.78 is 0. The predicted octanol–water partition coefficient (Wildman–Crippen LogP) is -0.0736. The highest BCUT2D eigenvalue weighted by Gasteiger charge is 2.47. The van der Waals surface area contributed by atoms with Crippen LogP contribution in [0.15, 0.2) is 0 Å². The van der Waals surface area contributed by atoms with Gasteiger partial charge in [-0.15, -0.1) is 0 Å². The largest absolute Gasteiger partial charge is 0.412 e. The molecule has 1 aliphatic heterocycles. The van der Waals surface area contributed by atoms with Crippen molar-refractivity contribution < 1.29 is 10.3 Å². The third kappa shape index (κ3) is 2.02. The van der Waals surface area contributed by atoms with Crippen LogP contribution in [0.5, 0.6) is 0 Å². The lowest BCUT2D eigenvalue weighted by Crippen LogP contribution is -2.55. The number of hydrogen-bond donors (Lipinski definition) is 1. The predicted molar refractivity (Wildman–Crippen MR) is 51.1 cm³/mol. The molecule has 2 rings (SSSR count). The highest BCUT2D eigenvalue weighted by atomic mass is 16.7. The van der Waals surface area contributed by atoms with E-state index in [0.717, 1.165) is 19.7 Å². The Morgan fingerprint density at radius 3 is 2.69 bits per heavy atom. The van der Waals surface area contributed by atoms with Gasteiger partial charge in [-0.25, -0.2) is 0 Å². The molecule has 1 spiro atoms. The second-order valence-corrected chi connectivity index (χ2v) is 4.22. The molecule has 1 atom stereocenters. The van der Waals surface area contributed by atoms with Crippen LogP contribution in [0, 0.1) is 5.41 Å². The van der Waals surface area contributed by atoms with Crippen LogP contribution in [0.4, 0.5) is 0 Å². The molecular weight excluding hydrogens is 168 g/mol. The summed E-state index contributed by atoms with van der Waals surface area (Å²) in [5.74, 6) is 0. The molecule has 78 valence electrons. The third-order valence-corrected chi connectivity index (χ3v) is 3.08. The summed E-state index contributed by atoms with van der Waals surface area (Å²) in [7, 11) is 0. The Morgan fingerprint density at radius 1 is 1.54 bits per heavy atom. The van der Waals surface area contributed by atoms with Gasteiger partial charge < -0.3 is 11.2 Å². The van der Waals surface area contributed by atoms with E-state index in [0.29, 0.717) is 11.5 Å². The van der Waals surface area contributed by atoms with E-state index in [1.807, 2.05) is 6.92 Å². The van der Waals surface area contributed by atoms with Gasteiger partial charge in [-0.05, 0) is 26.2 Å². The molecular formula is C9H20N2O2. The van der Waals surface area contributed by atoms with Crippen LogP contribution >= 0.6 is 0 Å². The molecule has 4 nitrogen and oxygen atoms in total. The van der Waals surface area contributed by atoms with Crippen molar-refractivity contribution in [2.24, 2.45) is 11.1 Å². The first-order chi connectivity index (χ1) is 5.74. The summed E-state index contributed by atoms with van der Waals surface area (Å²) in [5, 5.41) is 2.07. The fraction of sp³-hybridized carbons (Fsp3) is 1.00. The first kappa shape index (κ1) is 10.9. The van der Waals surface area contributed by atoms with Gasteiger partial charge in [0, 0.05) is 24.5 Å². The maximum atomic E-state index is 5.88. The smallest absolute Gasteiger partial charge is 0.0656 e. The van der Waals surface area contributed by atoms with Gasteiger partial charge in [0.05, 0.1) is 6.61 Å². The molecule has 0 amide bonds. The van der Waals surface area contributed by atoms with Crippen molar-refractivity contribution in [1.29, 1.82) is 0 Å². The van der Waals surface area contributed by atoms with Gasteiger partial charge in [-0.2, -0.15) is 5.06 Å². The summed E-state index contributed by atoms with van der Waals surface area (Å²) >= 11 is 0. The maximum absolute atomic E-state index is 5.88. The molecule has 1 saturated carbocycles. The molecule has 1 heterocycles. The van der Waals surface area contributed by atoms with E-state index < -0.39 is 0 Å². The zero-order valence-corrected chi connectivity index (χ0v) is 8.25. The molecule has 0 aromatic heterocycles. The van der Waals surface area contributed by atoms with Crippen molar-refractivity contribution in [2.45, 2.75) is 32.2 Å². The van der Waals surface area contributed by atoms with E-state index in [4.69, 9.17) is 10.6 Å². The molecule has 0 aromatic carbocycles. The lowest BCUT2D eigenvalue weighted by molar-refractivity contribution is -0.245. The number of nitrogens with two attached hydrogens (primary N) is 1. The van der Waals surface area contributed by atoms with Gasteiger partial charge in [0.15, 0.2) is 0 Å². The van der Waals surface area contributed by atoms with Crippen LogP contribution in [-0.2, 0) is 4.84 Å². The van der Waals surface area contributed by atoms with E-state index in [2.05, 4.69) is 5.06 Å². The quantitative estimate of drug-likeness (QED) is 0.659. The zero-order chi connectivity index (χ0) is 8.60. The van der Waals surface area contributed by atoms with E-state index >= 15 is 0 Å². The number of nitrogens with zero attached hydrogens (tertiary/aromatic N) is 1. The van der Waals surface area contributed by atoms with Crippen LogP contribution in [0.3, 0.4) is 0 Å². The van der Waals surface area contributed by atoms with Gasteiger partial charge in [0.25, 0.3) is 0 Å². The van der Waals surface area contributed by atoms with Gasteiger partial charge in [-0.1, -0.05) is 0 Å². The summed E-state index contributed by atoms with van der Waals surface area (Å²) in [6.45, 7) is 5.04. The molecule has 0 aromatic rings. The summed E-state index contributed by atoms with van der Waals surface area (Å²) in [6, 6.07) is 0.453. The lowest BCUT2D eigenvalue weighted by Gasteiger charge is -2.47. The van der Waals surface area contributed by atoms with E-state index in [9.17, 15) is 0 Å². The second-order valence-electron chi connectivity index (χ2n) is 4.22. The highest BCUT2D eigenvalue weighted by Crippen LogP contribution is 2.44. The summed E-state index contributed by atoms with van der Waals surface area (Å²) in [5.41, 5.74) is 6.42. The molecule has 13 heavy (non-hydrogen) atoms. The Bertz CT molecular complexity index is 169. The Morgan fingerprint density at radius 2 is 2.23 bits per heavy atom. The van der Waals surface area contributed by atoms with Crippen molar-refractivity contribution in [2.75, 3.05) is 19.7 Å². The lowest BCUT2D eigenvalue weighted by atomic mass is 9.79. The standard InChI is InChI=1S/C9H18N2O.H2O/c1-2-12-11-6-9(7-11)4-3-8(10)5-9;/h8H,2-7,10H2,1H3;1H2/t8-;/m1./s1. The monoisotopic (exact) mass is 188 g/mol. The van der Waals surface area contributed by atoms with Gasteiger partial charge >= 0.3 is 0 Å². The van der Waals surface area contributed by atoms with Gasteiger partial charge in [0.2, 0.25) is 0 Å². The highest BCUT2D eigenvalue weighted by molar-refractivity contribution is 4.99. The Labute approximate surface area is 79.3 Å². The molecule has 2 aliphatic rings. The van der Waals surface area contributed by atoms with Crippen LogP contribution < -0.4 is 5.73 Å². The molecule has 1 saturated heterocycles. The van der Waals surface area contributed by atoms with Crippen molar-refractivity contribution in [3.05, 3.63) is 0 Å². The van der Waals surface area contributed by atoms with Crippen LogP contribution in [0.25, 0.3) is 0 Å². The first-order valence-corrected chi connectivity index (χ1v) is 4.87. The number of hydroxylamine groups is 2. The maximum Gasteiger partial charge on any atom is 0.0656 e. The fourth-order valence-electron chi connectivity index (χ4n) is 2.51. The minimum atomic E-state index is 0. The normalized spacial score (nSPS) is 31.4. The minimum Gasteiger partial charge on any atom is -0.412 e. The Kier molecular flexibility index (Phi) is 3.29. The number of hydrogen-bond acceptors (Lipinski definition) is 3. The number of rotatable bonds is 2. The molecule has 0 bridgehead atoms. The van der Waals surface area contributed by atoms with Crippen LogP contribution in [0.2, 0.25) is 0 Å². The Balaban J connectivity index is 0.000000845. The average Bonchev–Trinajstić information content (AvgIpc) is 2.31. The first-order valence-electron chi connectivity index (χ1n) is 4.87. The van der Waals surface area contributed by atoms with Gasteiger partial charge in [0.1, 0.15) is 0 Å². The van der Waals surface area contributed by atoms with Crippen molar-refractivity contribution in [3.8, 4) is 0 Å². The topological polar surface area (TPSA) is 70.0 Å². The molecule has 0 radical (unpaired) electrons. The van der Waals surface area contributed by atoms with Crippen molar-refractivity contribution in [3.63, 3.8) is 0 Å². The SMILES string of the molecule is CCON1CC2(CC[C@@H](N)C2)C1.O. The van der Waals surface area contributed by atoms with Crippen LogP contribution in [0.1, 0.15) is 26.2 Å². The second kappa shape index (κ2) is 3.92. The molecule has 1 aliphatic carbocycles. The molecule has 2 fully saturated rings. The Hall–Kier alpha value is -0.160. The summed E-state index contributed by atoms with van der Waals surface area (Å²) in [6.07, 6.45) is 3.72. The van der Waals surface area contributed by atoms with Crippen molar-refractivity contribution in [1.82, 2.24) is 5.06 Å². The van der Waals surface area contributed by atoms with E-state index in [-0.39, 0.29) is 5.48 Å². The fourth-order valence-corrected chi connectivity index (χ4v) is 2.51. The third-order valence-electron chi connectivity index (χ3n) is 3.08. The van der Waals surface area contributed by atoms with Gasteiger partial charge in [-0.3, -0.25) is 4.84 Å². The van der Waals surface area contributed by atoms with Crippen molar-refractivity contribution >= 4 is 0 Å². The van der Waals surface area contributed by atoms with Crippen LogP contribution in [-0.4, -0.2) is 36.3 Å². The average molecular weight is 188 g/mol. The molecule has 4 heteroatoms. The zero-order valence-electron chi connectivity index (χ0n) is 8.25. The van der Waals surface area contributed by atoms with E-state index in [1.54, 1.807) is 0 Å².